The van der Waals surface area contributed by atoms with Crippen molar-refractivity contribution in [3.8, 4) is 0 Å². The lowest BCUT2D eigenvalue weighted by molar-refractivity contribution is -0.116. The summed E-state index contributed by atoms with van der Waals surface area (Å²) in [4.78, 5) is 24.6. The summed E-state index contributed by atoms with van der Waals surface area (Å²) in [7, 11) is 1.75. The highest BCUT2D eigenvalue weighted by atomic mass is 16.2. The summed E-state index contributed by atoms with van der Waals surface area (Å²) >= 11 is 0. The third-order valence-corrected chi connectivity index (χ3v) is 4.28. The van der Waals surface area contributed by atoms with Crippen molar-refractivity contribution >= 4 is 22.6 Å². The Labute approximate surface area is 140 Å². The molecule has 2 aromatic carbocycles. The summed E-state index contributed by atoms with van der Waals surface area (Å²) in [5.41, 5.74) is 4.57. The normalized spacial score (nSPS) is 11.0. The first-order valence-corrected chi connectivity index (χ1v) is 7.99. The molecule has 0 aliphatic carbocycles. The molecular formula is C19H21N3O2. The number of rotatable bonds is 4. The molecule has 1 heterocycles. The second kappa shape index (κ2) is 6.35. The van der Waals surface area contributed by atoms with Crippen LogP contribution in [0.1, 0.15) is 17.5 Å². The Bertz CT molecular complexity index is 966. The largest absolute Gasteiger partial charge is 0.328 e. The molecule has 0 unspecified atom stereocenters. The molecule has 24 heavy (non-hydrogen) atoms. The van der Waals surface area contributed by atoms with Crippen LogP contribution in [0.3, 0.4) is 0 Å². The molecule has 0 aliphatic heterocycles. The molecule has 0 bridgehead atoms. The number of imidazole rings is 1. The van der Waals surface area contributed by atoms with E-state index in [2.05, 4.69) is 5.32 Å². The van der Waals surface area contributed by atoms with Gasteiger partial charge in [0.25, 0.3) is 0 Å². The van der Waals surface area contributed by atoms with Crippen molar-refractivity contribution in [3.63, 3.8) is 0 Å². The number of hydrogen-bond acceptors (Lipinski definition) is 2. The van der Waals surface area contributed by atoms with Crippen LogP contribution < -0.4 is 11.0 Å². The highest BCUT2D eigenvalue weighted by molar-refractivity contribution is 5.91. The number of amides is 1. The highest BCUT2D eigenvalue weighted by Gasteiger charge is 2.12. The molecule has 5 nitrogen and oxygen atoms in total. The first-order valence-electron chi connectivity index (χ1n) is 7.99. The van der Waals surface area contributed by atoms with Crippen LogP contribution in [0.25, 0.3) is 11.0 Å². The lowest BCUT2D eigenvalue weighted by Crippen LogP contribution is -2.24. The molecule has 3 rings (SSSR count). The SMILES string of the molecule is Cc1ccc(C)c(NC(=O)CCn2c(=O)n(C)c3ccccc32)c1. The van der Waals surface area contributed by atoms with Gasteiger partial charge >= 0.3 is 5.69 Å². The summed E-state index contributed by atoms with van der Waals surface area (Å²) in [5, 5.41) is 2.93. The van der Waals surface area contributed by atoms with Crippen molar-refractivity contribution < 1.29 is 4.79 Å². The van der Waals surface area contributed by atoms with Gasteiger partial charge in [0.1, 0.15) is 0 Å². The molecule has 0 spiro atoms. The minimum atomic E-state index is -0.101. The molecule has 124 valence electrons. The number of fused-ring (bicyclic) bond motifs is 1. The number of nitrogens with one attached hydrogen (secondary N) is 1. The molecule has 1 amide bonds. The summed E-state index contributed by atoms with van der Waals surface area (Å²) in [6.07, 6.45) is 0.251. The molecule has 3 aromatic rings. The average molecular weight is 323 g/mol. The molecule has 0 saturated carbocycles. The maximum absolute atomic E-state index is 12.4. The van der Waals surface area contributed by atoms with Crippen molar-refractivity contribution in [1.82, 2.24) is 9.13 Å². The van der Waals surface area contributed by atoms with Crippen LogP contribution in [0.4, 0.5) is 5.69 Å². The van der Waals surface area contributed by atoms with E-state index in [-0.39, 0.29) is 18.0 Å². The maximum Gasteiger partial charge on any atom is 0.328 e. The van der Waals surface area contributed by atoms with Gasteiger partial charge in [0.15, 0.2) is 0 Å². The highest BCUT2D eigenvalue weighted by Crippen LogP contribution is 2.17. The Hall–Kier alpha value is -2.82. The van der Waals surface area contributed by atoms with Crippen molar-refractivity contribution in [1.29, 1.82) is 0 Å². The molecule has 1 aromatic heterocycles. The molecule has 1 N–H and O–H groups in total. The van der Waals surface area contributed by atoms with E-state index in [1.165, 1.54) is 0 Å². The number of carbonyl (C=O) groups excluding carboxylic acids is 1. The smallest absolute Gasteiger partial charge is 0.326 e. The van der Waals surface area contributed by atoms with Crippen LogP contribution in [0, 0.1) is 13.8 Å². The summed E-state index contributed by atoms with van der Waals surface area (Å²) in [6, 6.07) is 13.6. The summed E-state index contributed by atoms with van der Waals surface area (Å²) in [5.74, 6) is -0.0939. The van der Waals surface area contributed by atoms with E-state index in [4.69, 9.17) is 0 Å². The Balaban J connectivity index is 1.77. The lowest BCUT2D eigenvalue weighted by atomic mass is 10.1. The number of anilines is 1. The maximum atomic E-state index is 12.4. The van der Waals surface area contributed by atoms with Crippen molar-refractivity contribution in [2.75, 3.05) is 5.32 Å². The second-order valence-corrected chi connectivity index (χ2v) is 6.10. The minimum Gasteiger partial charge on any atom is -0.326 e. The van der Waals surface area contributed by atoms with E-state index in [1.807, 2.05) is 56.3 Å². The van der Waals surface area contributed by atoms with Crippen LogP contribution in [-0.2, 0) is 18.4 Å². The summed E-state index contributed by atoms with van der Waals surface area (Å²) in [6.45, 7) is 4.31. The monoisotopic (exact) mass is 323 g/mol. The Kier molecular flexibility index (Phi) is 4.25. The fourth-order valence-electron chi connectivity index (χ4n) is 2.88. The number of aromatic nitrogens is 2. The zero-order chi connectivity index (χ0) is 17.3. The van der Waals surface area contributed by atoms with E-state index in [1.54, 1.807) is 16.2 Å². The van der Waals surface area contributed by atoms with Gasteiger partial charge in [0.05, 0.1) is 11.0 Å². The molecule has 0 saturated heterocycles. The minimum absolute atomic E-state index is 0.0939. The van der Waals surface area contributed by atoms with Gasteiger partial charge in [-0.15, -0.1) is 0 Å². The van der Waals surface area contributed by atoms with Gasteiger partial charge in [0.2, 0.25) is 5.91 Å². The third kappa shape index (κ3) is 2.97. The van der Waals surface area contributed by atoms with E-state index in [0.717, 1.165) is 27.8 Å². The van der Waals surface area contributed by atoms with Crippen molar-refractivity contribution in [2.24, 2.45) is 7.05 Å². The quantitative estimate of drug-likeness (QED) is 0.802. The van der Waals surface area contributed by atoms with E-state index in [0.29, 0.717) is 6.54 Å². The second-order valence-electron chi connectivity index (χ2n) is 6.10. The third-order valence-electron chi connectivity index (χ3n) is 4.28. The predicted molar refractivity (Wildman–Crippen MR) is 96.3 cm³/mol. The van der Waals surface area contributed by atoms with Crippen LogP contribution in [-0.4, -0.2) is 15.0 Å². The van der Waals surface area contributed by atoms with Crippen molar-refractivity contribution in [2.45, 2.75) is 26.8 Å². The van der Waals surface area contributed by atoms with Crippen LogP contribution >= 0.6 is 0 Å². The molecule has 0 radical (unpaired) electrons. The van der Waals surface area contributed by atoms with Gasteiger partial charge in [-0.25, -0.2) is 4.79 Å². The zero-order valence-corrected chi connectivity index (χ0v) is 14.2. The number of para-hydroxylation sites is 2. The number of benzene rings is 2. The van der Waals surface area contributed by atoms with E-state index >= 15 is 0 Å². The first-order chi connectivity index (χ1) is 11.5. The molecule has 5 heteroatoms. The van der Waals surface area contributed by atoms with Crippen LogP contribution in [0.2, 0.25) is 0 Å². The van der Waals surface area contributed by atoms with E-state index in [9.17, 15) is 9.59 Å². The van der Waals surface area contributed by atoms with Gasteiger partial charge in [-0.2, -0.15) is 0 Å². The van der Waals surface area contributed by atoms with Crippen LogP contribution in [0.15, 0.2) is 47.3 Å². The number of nitrogens with zero attached hydrogens (tertiary/aromatic N) is 2. The Morgan fingerprint density at radius 2 is 1.79 bits per heavy atom. The summed E-state index contributed by atoms with van der Waals surface area (Å²) < 4.78 is 3.26. The molecule has 0 atom stereocenters. The average Bonchev–Trinajstić information content (AvgIpc) is 2.81. The van der Waals surface area contributed by atoms with Gasteiger partial charge in [-0.05, 0) is 43.2 Å². The van der Waals surface area contributed by atoms with Crippen molar-refractivity contribution in [3.05, 3.63) is 64.1 Å². The zero-order valence-electron chi connectivity index (χ0n) is 14.2. The lowest BCUT2D eigenvalue weighted by Gasteiger charge is -2.09. The van der Waals surface area contributed by atoms with Gasteiger partial charge in [0, 0.05) is 25.7 Å². The standard InChI is InChI=1S/C19H21N3O2/c1-13-8-9-14(2)15(12-13)20-18(23)10-11-22-17-7-5-4-6-16(17)21(3)19(22)24/h4-9,12H,10-11H2,1-3H3,(H,20,23). The van der Waals surface area contributed by atoms with E-state index < -0.39 is 0 Å². The van der Waals surface area contributed by atoms with Crippen LogP contribution in [0.5, 0.6) is 0 Å². The topological polar surface area (TPSA) is 56.0 Å². The first kappa shape index (κ1) is 16.1. The Morgan fingerprint density at radius 3 is 2.54 bits per heavy atom. The fourth-order valence-corrected chi connectivity index (χ4v) is 2.88. The number of aryl methyl sites for hydroxylation is 4. The van der Waals surface area contributed by atoms with Gasteiger partial charge in [-0.3, -0.25) is 13.9 Å². The Morgan fingerprint density at radius 1 is 1.08 bits per heavy atom. The number of carbonyl (C=O) groups is 1. The molecule has 0 aliphatic rings. The molecular weight excluding hydrogens is 302 g/mol. The van der Waals surface area contributed by atoms with Gasteiger partial charge in [-0.1, -0.05) is 24.3 Å². The fraction of sp³-hybridized carbons (Fsp3) is 0.263. The molecule has 0 fully saturated rings. The number of hydrogen-bond donors (Lipinski definition) is 1. The van der Waals surface area contributed by atoms with Gasteiger partial charge < -0.3 is 5.32 Å². The predicted octanol–water partition coefficient (Wildman–Crippen LogP) is 2.99.